The van der Waals surface area contributed by atoms with Gasteiger partial charge in [-0.15, -0.1) is 0 Å². The van der Waals surface area contributed by atoms with Crippen LogP contribution in [0.3, 0.4) is 0 Å². The summed E-state index contributed by atoms with van der Waals surface area (Å²) in [6.45, 7) is 2.88. The molecule has 1 saturated heterocycles. The summed E-state index contributed by atoms with van der Waals surface area (Å²) in [7, 11) is 0. The van der Waals surface area contributed by atoms with Gasteiger partial charge in [0, 0.05) is 5.69 Å². The third-order valence-electron chi connectivity index (χ3n) is 3.85. The maximum absolute atomic E-state index is 12.4. The number of carbonyl (C=O) groups excluding carboxylic acids is 1. The van der Waals surface area contributed by atoms with Crippen LogP contribution in [0.25, 0.3) is 0 Å². The monoisotopic (exact) mass is 276 g/mol. The number of rotatable bonds is 5. The Morgan fingerprint density at radius 3 is 2.55 bits per heavy atom. The van der Waals surface area contributed by atoms with Crippen LogP contribution in [-0.4, -0.2) is 29.1 Å². The fourth-order valence-corrected chi connectivity index (χ4v) is 2.59. The molecule has 5 heteroatoms. The Balaban J connectivity index is 2.02. The summed E-state index contributed by atoms with van der Waals surface area (Å²) in [6.07, 6.45) is 2.62. The van der Waals surface area contributed by atoms with Crippen molar-refractivity contribution < 1.29 is 14.7 Å². The van der Waals surface area contributed by atoms with Crippen molar-refractivity contribution in [2.75, 3.05) is 11.9 Å². The molecule has 1 heterocycles. The highest BCUT2D eigenvalue weighted by molar-refractivity contribution is 5.98. The van der Waals surface area contributed by atoms with Gasteiger partial charge in [-0.1, -0.05) is 19.1 Å². The van der Waals surface area contributed by atoms with Crippen LogP contribution in [0.5, 0.6) is 0 Å². The number of aliphatic carboxylic acids is 1. The molecular formula is C15H20N2O3. The molecule has 0 aliphatic carbocycles. The molecule has 0 aromatic heterocycles. The van der Waals surface area contributed by atoms with Crippen LogP contribution < -0.4 is 10.6 Å². The first kappa shape index (κ1) is 14.5. The molecule has 1 amide bonds. The van der Waals surface area contributed by atoms with Crippen LogP contribution in [0.15, 0.2) is 24.3 Å². The summed E-state index contributed by atoms with van der Waals surface area (Å²) in [5.74, 6) is -0.870. The van der Waals surface area contributed by atoms with Crippen LogP contribution in [0.1, 0.15) is 31.7 Å². The standard InChI is InChI=1S/C15H20N2O3/c1-2-15(8-3-9-16-15)14(20)17-12-6-4-11(5-7-12)10-13(18)19/h4-7,16H,2-3,8-10H2,1H3,(H,17,20)(H,18,19). The molecule has 108 valence electrons. The molecular weight excluding hydrogens is 256 g/mol. The topological polar surface area (TPSA) is 78.4 Å². The van der Waals surface area contributed by atoms with Crippen LogP contribution in [0.4, 0.5) is 5.69 Å². The van der Waals surface area contributed by atoms with Gasteiger partial charge in [0.15, 0.2) is 0 Å². The fourth-order valence-electron chi connectivity index (χ4n) is 2.59. The van der Waals surface area contributed by atoms with Crippen molar-refractivity contribution in [3.8, 4) is 0 Å². The van der Waals surface area contributed by atoms with E-state index in [1.54, 1.807) is 24.3 Å². The normalized spacial score (nSPS) is 21.6. The third kappa shape index (κ3) is 3.17. The zero-order valence-corrected chi connectivity index (χ0v) is 11.6. The summed E-state index contributed by atoms with van der Waals surface area (Å²) in [4.78, 5) is 23.0. The first-order chi connectivity index (χ1) is 9.55. The van der Waals surface area contributed by atoms with Crippen LogP contribution in [0, 0.1) is 0 Å². The van der Waals surface area contributed by atoms with E-state index < -0.39 is 11.5 Å². The van der Waals surface area contributed by atoms with Gasteiger partial charge in [-0.3, -0.25) is 9.59 Å². The average molecular weight is 276 g/mol. The van der Waals surface area contributed by atoms with Crippen LogP contribution in [0.2, 0.25) is 0 Å². The number of anilines is 1. The summed E-state index contributed by atoms with van der Waals surface area (Å²) >= 11 is 0. The maximum atomic E-state index is 12.4. The number of carboxylic acid groups (broad SMARTS) is 1. The van der Waals surface area contributed by atoms with E-state index in [0.29, 0.717) is 5.69 Å². The molecule has 1 fully saturated rings. The van der Waals surface area contributed by atoms with Gasteiger partial charge in [0.25, 0.3) is 0 Å². The van der Waals surface area contributed by atoms with Crippen molar-refractivity contribution in [1.29, 1.82) is 0 Å². The second-order valence-corrected chi connectivity index (χ2v) is 5.19. The molecule has 0 saturated carbocycles. The van der Waals surface area contributed by atoms with E-state index >= 15 is 0 Å². The van der Waals surface area contributed by atoms with Crippen molar-refractivity contribution >= 4 is 17.6 Å². The van der Waals surface area contributed by atoms with E-state index in [0.717, 1.165) is 31.4 Å². The van der Waals surface area contributed by atoms with E-state index in [1.807, 2.05) is 6.92 Å². The molecule has 20 heavy (non-hydrogen) atoms. The summed E-state index contributed by atoms with van der Waals surface area (Å²) in [5, 5.41) is 14.9. The zero-order valence-electron chi connectivity index (χ0n) is 11.6. The van der Waals surface area contributed by atoms with Gasteiger partial charge in [0.05, 0.1) is 12.0 Å². The van der Waals surface area contributed by atoms with Crippen molar-refractivity contribution in [3.05, 3.63) is 29.8 Å². The molecule has 0 radical (unpaired) electrons. The van der Waals surface area contributed by atoms with Gasteiger partial charge < -0.3 is 15.7 Å². The fraction of sp³-hybridized carbons (Fsp3) is 0.467. The maximum Gasteiger partial charge on any atom is 0.307 e. The minimum Gasteiger partial charge on any atom is -0.481 e. The Labute approximate surface area is 118 Å². The molecule has 1 aromatic carbocycles. The lowest BCUT2D eigenvalue weighted by Gasteiger charge is -2.26. The molecule has 1 aromatic rings. The van der Waals surface area contributed by atoms with Crippen LogP contribution in [-0.2, 0) is 16.0 Å². The van der Waals surface area contributed by atoms with Crippen LogP contribution >= 0.6 is 0 Å². The van der Waals surface area contributed by atoms with Gasteiger partial charge in [-0.05, 0) is 43.5 Å². The number of carboxylic acids is 1. The smallest absolute Gasteiger partial charge is 0.307 e. The number of amides is 1. The second kappa shape index (κ2) is 6.05. The van der Waals surface area contributed by atoms with Gasteiger partial charge in [0.1, 0.15) is 0 Å². The number of hydrogen-bond donors (Lipinski definition) is 3. The molecule has 1 unspecified atom stereocenters. The molecule has 5 nitrogen and oxygen atoms in total. The number of hydrogen-bond acceptors (Lipinski definition) is 3. The van der Waals surface area contributed by atoms with Crippen molar-refractivity contribution in [3.63, 3.8) is 0 Å². The Bertz CT molecular complexity index is 490. The molecule has 0 spiro atoms. The number of carbonyl (C=O) groups is 2. The first-order valence-electron chi connectivity index (χ1n) is 6.93. The van der Waals surface area contributed by atoms with E-state index in [9.17, 15) is 9.59 Å². The molecule has 1 aliphatic rings. The summed E-state index contributed by atoms with van der Waals surface area (Å²) in [6, 6.07) is 6.94. The molecule has 3 N–H and O–H groups in total. The Morgan fingerprint density at radius 2 is 2.05 bits per heavy atom. The highest BCUT2D eigenvalue weighted by Crippen LogP contribution is 2.25. The molecule has 1 aliphatic heterocycles. The van der Waals surface area contributed by atoms with Gasteiger partial charge in [0.2, 0.25) is 5.91 Å². The SMILES string of the molecule is CCC1(C(=O)Nc2ccc(CC(=O)O)cc2)CCCN1. The Hall–Kier alpha value is -1.88. The van der Waals surface area contributed by atoms with E-state index in [-0.39, 0.29) is 12.3 Å². The number of benzene rings is 1. The van der Waals surface area contributed by atoms with Crippen molar-refractivity contribution in [2.24, 2.45) is 0 Å². The lowest BCUT2D eigenvalue weighted by atomic mass is 9.93. The minimum atomic E-state index is -0.859. The third-order valence-corrected chi connectivity index (χ3v) is 3.85. The van der Waals surface area contributed by atoms with E-state index in [1.165, 1.54) is 0 Å². The Morgan fingerprint density at radius 1 is 1.35 bits per heavy atom. The lowest BCUT2D eigenvalue weighted by Crippen LogP contribution is -2.50. The van der Waals surface area contributed by atoms with E-state index in [4.69, 9.17) is 5.11 Å². The second-order valence-electron chi connectivity index (χ2n) is 5.19. The number of nitrogens with one attached hydrogen (secondary N) is 2. The van der Waals surface area contributed by atoms with Gasteiger partial charge >= 0.3 is 5.97 Å². The summed E-state index contributed by atoms with van der Waals surface area (Å²) in [5.41, 5.74) is 0.963. The predicted molar refractivity (Wildman–Crippen MR) is 76.7 cm³/mol. The largest absolute Gasteiger partial charge is 0.481 e. The quantitative estimate of drug-likeness (QED) is 0.766. The minimum absolute atomic E-state index is 0.00528. The summed E-state index contributed by atoms with van der Waals surface area (Å²) < 4.78 is 0. The van der Waals surface area contributed by atoms with E-state index in [2.05, 4.69) is 10.6 Å². The molecule has 2 rings (SSSR count). The first-order valence-corrected chi connectivity index (χ1v) is 6.93. The average Bonchev–Trinajstić information content (AvgIpc) is 2.90. The van der Waals surface area contributed by atoms with Crippen molar-refractivity contribution in [2.45, 2.75) is 38.1 Å². The zero-order chi connectivity index (χ0) is 14.6. The molecule has 0 bridgehead atoms. The van der Waals surface area contributed by atoms with Gasteiger partial charge in [-0.2, -0.15) is 0 Å². The highest BCUT2D eigenvalue weighted by atomic mass is 16.4. The highest BCUT2D eigenvalue weighted by Gasteiger charge is 2.38. The lowest BCUT2D eigenvalue weighted by molar-refractivity contribution is -0.136. The van der Waals surface area contributed by atoms with Gasteiger partial charge in [-0.25, -0.2) is 0 Å². The van der Waals surface area contributed by atoms with Crippen molar-refractivity contribution in [1.82, 2.24) is 5.32 Å². The Kier molecular flexibility index (Phi) is 4.39. The molecule has 1 atom stereocenters. The predicted octanol–water partition coefficient (Wildman–Crippen LogP) is 1.78.